The van der Waals surface area contributed by atoms with Gasteiger partial charge in [0.2, 0.25) is 5.91 Å². The van der Waals surface area contributed by atoms with Gasteiger partial charge in [0, 0.05) is 17.7 Å². The van der Waals surface area contributed by atoms with Crippen LogP contribution in [0.1, 0.15) is 67.8 Å². The van der Waals surface area contributed by atoms with E-state index in [9.17, 15) is 13.2 Å². The van der Waals surface area contributed by atoms with Crippen LogP contribution in [0.3, 0.4) is 0 Å². The first-order valence-electron chi connectivity index (χ1n) is 10.6. The number of fused-ring (bicyclic) bond motifs is 1. The molecule has 1 atom stereocenters. The lowest BCUT2D eigenvalue weighted by molar-refractivity contribution is -0.121. The number of amides is 1. The lowest BCUT2D eigenvalue weighted by atomic mass is 9.93. The molecule has 1 aromatic heterocycles. The number of sulfone groups is 1. The molecule has 2 aliphatic carbocycles. The van der Waals surface area contributed by atoms with Gasteiger partial charge in [-0.25, -0.2) is 8.42 Å². The van der Waals surface area contributed by atoms with Crippen LogP contribution in [-0.2, 0) is 27.6 Å². The maximum absolute atomic E-state index is 12.5. The number of carbonyl (C=O) groups is 1. The van der Waals surface area contributed by atoms with Gasteiger partial charge in [-0.15, -0.1) is 0 Å². The van der Waals surface area contributed by atoms with E-state index in [2.05, 4.69) is 22.5 Å². The van der Waals surface area contributed by atoms with Gasteiger partial charge in [-0.05, 0) is 37.7 Å². The number of benzene rings is 1. The molecule has 1 fully saturated rings. The fraction of sp³-hybridized carbons (Fsp3) is 0.545. The molecule has 0 bridgehead atoms. The predicted octanol–water partition coefficient (Wildman–Crippen LogP) is 3.17. The van der Waals surface area contributed by atoms with Crippen molar-refractivity contribution < 1.29 is 13.2 Å². The average Bonchev–Trinajstić information content (AvgIpc) is 3.39. The van der Waals surface area contributed by atoms with Crippen LogP contribution >= 0.6 is 0 Å². The zero-order valence-electron chi connectivity index (χ0n) is 16.7. The number of aromatic nitrogens is 2. The lowest BCUT2D eigenvalue weighted by Gasteiger charge is -2.24. The summed E-state index contributed by atoms with van der Waals surface area (Å²) in [4.78, 5) is 12.5. The third-order valence-corrected chi connectivity index (χ3v) is 8.46. The van der Waals surface area contributed by atoms with Crippen LogP contribution in [0, 0.1) is 0 Å². The smallest absolute Gasteiger partial charge is 0.221 e. The summed E-state index contributed by atoms with van der Waals surface area (Å²) in [6, 6.07) is 10.1. The Morgan fingerprint density at radius 3 is 2.62 bits per heavy atom. The van der Waals surface area contributed by atoms with E-state index in [1.807, 2.05) is 29.1 Å². The van der Waals surface area contributed by atoms with E-state index in [0.717, 1.165) is 57.1 Å². The highest BCUT2D eigenvalue weighted by atomic mass is 32.2. The number of nitrogens with zero attached hydrogens (tertiary/aromatic N) is 2. The summed E-state index contributed by atoms with van der Waals surface area (Å²) in [6.07, 6.45) is 8.16. The maximum atomic E-state index is 12.5. The van der Waals surface area contributed by atoms with Gasteiger partial charge in [-0.3, -0.25) is 9.48 Å². The van der Waals surface area contributed by atoms with Crippen LogP contribution in [0.5, 0.6) is 0 Å². The Bertz CT molecular complexity index is 947. The van der Waals surface area contributed by atoms with E-state index in [1.165, 1.54) is 11.3 Å². The van der Waals surface area contributed by atoms with Crippen LogP contribution in [0.15, 0.2) is 36.5 Å². The minimum atomic E-state index is -3.16. The summed E-state index contributed by atoms with van der Waals surface area (Å²) in [7, 11) is -3.16. The summed E-state index contributed by atoms with van der Waals surface area (Å²) < 4.78 is 26.8. The van der Waals surface area contributed by atoms with Crippen molar-refractivity contribution in [2.45, 2.75) is 69.2 Å². The second kappa shape index (κ2) is 8.69. The normalized spacial score (nSPS) is 19.8. The van der Waals surface area contributed by atoms with Crippen molar-refractivity contribution in [3.05, 3.63) is 53.3 Å². The molecule has 1 heterocycles. The third-order valence-electron chi connectivity index (χ3n) is 6.20. The van der Waals surface area contributed by atoms with Crippen molar-refractivity contribution in [3.63, 3.8) is 0 Å². The van der Waals surface area contributed by atoms with Gasteiger partial charge in [0.15, 0.2) is 9.84 Å². The Kier molecular flexibility index (Phi) is 6.04. The van der Waals surface area contributed by atoms with E-state index in [-0.39, 0.29) is 29.4 Å². The van der Waals surface area contributed by atoms with Crippen LogP contribution < -0.4 is 5.32 Å². The summed E-state index contributed by atoms with van der Waals surface area (Å²) >= 11 is 0. The fourth-order valence-corrected chi connectivity index (χ4v) is 6.43. The molecule has 0 saturated heterocycles. The molecule has 1 amide bonds. The highest BCUT2D eigenvalue weighted by Gasteiger charge is 2.30. The molecule has 0 radical (unpaired) electrons. The maximum Gasteiger partial charge on any atom is 0.221 e. The first kappa shape index (κ1) is 20.1. The van der Waals surface area contributed by atoms with E-state index in [0.29, 0.717) is 0 Å². The quantitative estimate of drug-likeness (QED) is 0.753. The van der Waals surface area contributed by atoms with E-state index in [4.69, 9.17) is 0 Å². The number of hydrogen-bond acceptors (Lipinski definition) is 4. The van der Waals surface area contributed by atoms with Crippen molar-refractivity contribution in [2.75, 3.05) is 5.75 Å². The Morgan fingerprint density at radius 1 is 1.10 bits per heavy atom. The summed E-state index contributed by atoms with van der Waals surface area (Å²) in [5.74, 6) is -0.226. The lowest BCUT2D eigenvalue weighted by Crippen LogP contribution is -2.33. The van der Waals surface area contributed by atoms with Gasteiger partial charge in [0.1, 0.15) is 0 Å². The number of hydrogen-bond donors (Lipinski definition) is 1. The predicted molar refractivity (Wildman–Crippen MR) is 112 cm³/mol. The zero-order chi connectivity index (χ0) is 20.3. The number of rotatable bonds is 7. The fourth-order valence-electron chi connectivity index (χ4n) is 4.58. The highest BCUT2D eigenvalue weighted by Crippen LogP contribution is 2.30. The van der Waals surface area contributed by atoms with Crippen LogP contribution in [0.2, 0.25) is 0 Å². The van der Waals surface area contributed by atoms with Gasteiger partial charge >= 0.3 is 0 Å². The minimum Gasteiger partial charge on any atom is -0.349 e. The number of carbonyl (C=O) groups excluding carboxylic acids is 1. The third kappa shape index (κ3) is 4.71. The standard InChI is InChI=1S/C22H29N3O3S/c26-22(13-14-29(27,28)18-9-4-5-10-18)24-20-11-6-12-21-19(20)15-23-25(21)16-17-7-2-1-3-8-17/h1-3,7-8,15,18,20H,4-6,9-14,16H2,(H,24,26). The SMILES string of the molecule is O=C(CCS(=O)(=O)C1CCCC1)NC1CCCc2c1cnn2Cc1ccccc1. The molecule has 6 nitrogen and oxygen atoms in total. The molecule has 29 heavy (non-hydrogen) atoms. The van der Waals surface area contributed by atoms with E-state index >= 15 is 0 Å². The van der Waals surface area contributed by atoms with Crippen LogP contribution in [0.25, 0.3) is 0 Å². The Morgan fingerprint density at radius 2 is 1.86 bits per heavy atom. The second-order valence-corrected chi connectivity index (χ2v) is 10.6. The topological polar surface area (TPSA) is 81.1 Å². The van der Waals surface area contributed by atoms with Gasteiger partial charge < -0.3 is 5.32 Å². The van der Waals surface area contributed by atoms with Crippen molar-refractivity contribution >= 4 is 15.7 Å². The molecular weight excluding hydrogens is 386 g/mol. The number of nitrogens with one attached hydrogen (secondary N) is 1. The Balaban J connectivity index is 1.37. The minimum absolute atomic E-state index is 0.0445. The molecule has 0 spiro atoms. The largest absolute Gasteiger partial charge is 0.349 e. The molecule has 7 heteroatoms. The summed E-state index contributed by atoms with van der Waals surface area (Å²) in [5.41, 5.74) is 3.44. The molecule has 4 rings (SSSR count). The molecule has 1 N–H and O–H groups in total. The van der Waals surface area contributed by atoms with Crippen LogP contribution in [-0.4, -0.2) is 35.1 Å². The Hall–Kier alpha value is -2.15. The molecule has 156 valence electrons. The van der Waals surface area contributed by atoms with E-state index in [1.54, 1.807) is 0 Å². The van der Waals surface area contributed by atoms with Crippen molar-refractivity contribution in [2.24, 2.45) is 0 Å². The molecule has 2 aliphatic rings. The van der Waals surface area contributed by atoms with Crippen molar-refractivity contribution in [3.8, 4) is 0 Å². The molecular formula is C22H29N3O3S. The first-order chi connectivity index (χ1) is 14.0. The Labute approximate surface area is 172 Å². The summed E-state index contributed by atoms with van der Waals surface area (Å²) in [5, 5.41) is 7.37. The molecule has 1 aromatic carbocycles. The van der Waals surface area contributed by atoms with Gasteiger partial charge in [0.05, 0.1) is 29.8 Å². The average molecular weight is 416 g/mol. The van der Waals surface area contributed by atoms with E-state index < -0.39 is 9.84 Å². The van der Waals surface area contributed by atoms with Crippen molar-refractivity contribution in [1.82, 2.24) is 15.1 Å². The molecule has 2 aromatic rings. The van der Waals surface area contributed by atoms with Gasteiger partial charge in [-0.1, -0.05) is 43.2 Å². The monoisotopic (exact) mass is 415 g/mol. The van der Waals surface area contributed by atoms with Crippen molar-refractivity contribution in [1.29, 1.82) is 0 Å². The van der Waals surface area contributed by atoms with Gasteiger partial charge in [-0.2, -0.15) is 5.10 Å². The zero-order valence-corrected chi connectivity index (χ0v) is 17.5. The van der Waals surface area contributed by atoms with Gasteiger partial charge in [0.25, 0.3) is 0 Å². The molecule has 0 aliphatic heterocycles. The highest BCUT2D eigenvalue weighted by molar-refractivity contribution is 7.92. The summed E-state index contributed by atoms with van der Waals surface area (Å²) in [6.45, 7) is 0.719. The van der Waals surface area contributed by atoms with Crippen LogP contribution in [0.4, 0.5) is 0 Å². The molecule has 1 saturated carbocycles. The first-order valence-corrected chi connectivity index (χ1v) is 12.3. The molecule has 1 unspecified atom stereocenters. The second-order valence-electron chi connectivity index (χ2n) is 8.23.